The number of hydrogen-bond donors (Lipinski definition) is 3. The normalized spacial score (nSPS) is 11.7. The summed E-state index contributed by atoms with van der Waals surface area (Å²) in [5.41, 5.74) is 0.777. The van der Waals surface area contributed by atoms with Crippen LogP contribution in [-0.2, 0) is 6.18 Å². The smallest absolute Gasteiger partial charge is 0.339 e. The summed E-state index contributed by atoms with van der Waals surface area (Å²) in [6.07, 6.45) is -3.25. The first-order valence-corrected chi connectivity index (χ1v) is 7.98. The molecule has 0 saturated heterocycles. The minimum Gasteiger partial charge on any atom is -0.339 e. The van der Waals surface area contributed by atoms with Crippen molar-refractivity contribution in [1.82, 2.24) is 20.2 Å². The first-order valence-electron chi connectivity index (χ1n) is 7.98. The molecule has 0 aliphatic rings. The number of alkyl halides is 3. The summed E-state index contributed by atoms with van der Waals surface area (Å²) >= 11 is 0. The Morgan fingerprint density at radius 3 is 2.50 bits per heavy atom. The molecule has 4 aromatic rings. The van der Waals surface area contributed by atoms with Gasteiger partial charge in [0.15, 0.2) is 5.69 Å². The van der Waals surface area contributed by atoms with Crippen molar-refractivity contribution in [2.45, 2.75) is 6.18 Å². The highest BCUT2D eigenvalue weighted by molar-refractivity contribution is 6.03. The van der Waals surface area contributed by atoms with Gasteiger partial charge in [0.05, 0.1) is 11.9 Å². The number of fused-ring (bicyclic) bond motifs is 1. The number of halogens is 4. The van der Waals surface area contributed by atoms with Crippen LogP contribution in [0.15, 0.2) is 48.7 Å². The molecule has 0 fully saturated rings. The van der Waals surface area contributed by atoms with E-state index in [0.29, 0.717) is 28.5 Å². The van der Waals surface area contributed by atoms with Gasteiger partial charge >= 0.3 is 6.18 Å². The summed E-state index contributed by atoms with van der Waals surface area (Å²) in [7, 11) is 0. The number of nitrogens with one attached hydrogen (secondary N) is 3. The van der Waals surface area contributed by atoms with Crippen molar-refractivity contribution in [3.63, 3.8) is 0 Å². The molecule has 28 heavy (non-hydrogen) atoms. The fourth-order valence-corrected chi connectivity index (χ4v) is 2.65. The Labute approximate surface area is 154 Å². The van der Waals surface area contributed by atoms with Gasteiger partial charge in [0.2, 0.25) is 0 Å². The topological polar surface area (TPSA) is 86.5 Å². The van der Waals surface area contributed by atoms with Gasteiger partial charge in [-0.25, -0.2) is 9.37 Å². The number of nitrogens with zero attached hydrogens (tertiary/aromatic N) is 2. The van der Waals surface area contributed by atoms with E-state index >= 15 is 0 Å². The number of anilines is 1. The molecule has 1 amide bonds. The molecule has 0 unspecified atom stereocenters. The van der Waals surface area contributed by atoms with Crippen molar-refractivity contribution in [1.29, 1.82) is 0 Å². The molecule has 0 atom stereocenters. The van der Waals surface area contributed by atoms with Crippen molar-refractivity contribution in [2.24, 2.45) is 0 Å². The largest absolute Gasteiger partial charge is 0.432 e. The van der Waals surface area contributed by atoms with Gasteiger partial charge < -0.3 is 10.3 Å². The average Bonchev–Trinajstić information content (AvgIpc) is 3.29. The van der Waals surface area contributed by atoms with Gasteiger partial charge in [0.25, 0.3) is 5.91 Å². The minimum atomic E-state index is -4.62. The van der Waals surface area contributed by atoms with E-state index in [9.17, 15) is 22.4 Å². The number of H-pyrrole nitrogens is 2. The number of aromatic nitrogens is 4. The third kappa shape index (κ3) is 3.43. The first kappa shape index (κ1) is 17.7. The van der Waals surface area contributed by atoms with Crippen LogP contribution in [0.3, 0.4) is 0 Å². The predicted octanol–water partition coefficient (Wildman–Crippen LogP) is 4.36. The number of rotatable bonds is 3. The quantitative estimate of drug-likeness (QED) is 0.455. The van der Waals surface area contributed by atoms with Crippen LogP contribution in [0, 0.1) is 5.82 Å². The molecule has 0 aliphatic carbocycles. The zero-order chi connectivity index (χ0) is 19.9. The molecule has 3 aromatic heterocycles. The van der Waals surface area contributed by atoms with Crippen LogP contribution in [-0.4, -0.2) is 26.1 Å². The molecule has 142 valence electrons. The number of carbonyl (C=O) groups is 1. The summed E-state index contributed by atoms with van der Waals surface area (Å²) in [6, 6.07) is 9.89. The molecule has 3 N–H and O–H groups in total. The minimum absolute atomic E-state index is 0.290. The number of hydrogen-bond acceptors (Lipinski definition) is 3. The summed E-state index contributed by atoms with van der Waals surface area (Å²) in [5.74, 6) is -1.16. The molecule has 0 saturated carbocycles. The van der Waals surface area contributed by atoms with Gasteiger partial charge in [0, 0.05) is 17.1 Å². The molecule has 1 aromatic carbocycles. The van der Waals surface area contributed by atoms with Gasteiger partial charge in [-0.15, -0.1) is 0 Å². The summed E-state index contributed by atoms with van der Waals surface area (Å²) in [5, 5.41) is 8.28. The maximum absolute atomic E-state index is 13.1. The van der Waals surface area contributed by atoms with Crippen LogP contribution < -0.4 is 5.32 Å². The lowest BCUT2D eigenvalue weighted by atomic mass is 10.1. The van der Waals surface area contributed by atoms with Gasteiger partial charge in [-0.3, -0.25) is 9.89 Å². The number of aromatic amines is 2. The van der Waals surface area contributed by atoms with Crippen LogP contribution >= 0.6 is 0 Å². The fraction of sp³-hybridized carbons (Fsp3) is 0.0556. The first-order chi connectivity index (χ1) is 13.3. The van der Waals surface area contributed by atoms with E-state index in [-0.39, 0.29) is 5.82 Å². The molecule has 0 radical (unpaired) electrons. The van der Waals surface area contributed by atoms with E-state index in [1.807, 2.05) is 0 Å². The number of pyridine rings is 1. The Hall–Kier alpha value is -3.69. The SMILES string of the molecule is O=C(Nc1cnc2[nH]c(-c3ccc(F)cc3)cc2c1)c1cc(C(F)(F)F)[nH]n1. The predicted molar refractivity (Wildman–Crippen MR) is 93.0 cm³/mol. The lowest BCUT2D eigenvalue weighted by Gasteiger charge is -2.02. The van der Waals surface area contributed by atoms with Crippen LogP contribution in [0.4, 0.5) is 23.2 Å². The van der Waals surface area contributed by atoms with Crippen LogP contribution in [0.5, 0.6) is 0 Å². The highest BCUT2D eigenvalue weighted by Crippen LogP contribution is 2.28. The van der Waals surface area contributed by atoms with E-state index < -0.39 is 23.5 Å². The van der Waals surface area contributed by atoms with E-state index in [2.05, 4.69) is 20.4 Å². The van der Waals surface area contributed by atoms with Crippen molar-refractivity contribution in [3.8, 4) is 11.3 Å². The van der Waals surface area contributed by atoms with Crippen LogP contribution in [0.25, 0.3) is 22.3 Å². The Balaban J connectivity index is 1.57. The molecule has 3 heterocycles. The van der Waals surface area contributed by atoms with Crippen LogP contribution in [0.2, 0.25) is 0 Å². The summed E-state index contributed by atoms with van der Waals surface area (Å²) < 4.78 is 50.8. The molecule has 10 heteroatoms. The molecular formula is C18H11F4N5O. The number of benzene rings is 1. The molecule has 6 nitrogen and oxygen atoms in total. The van der Waals surface area contributed by atoms with Crippen molar-refractivity contribution < 1.29 is 22.4 Å². The lowest BCUT2D eigenvalue weighted by molar-refractivity contribution is -0.141. The van der Waals surface area contributed by atoms with E-state index in [1.165, 1.54) is 18.3 Å². The third-order valence-electron chi connectivity index (χ3n) is 4.00. The average molecular weight is 389 g/mol. The molecule has 0 aliphatic heterocycles. The fourth-order valence-electron chi connectivity index (χ4n) is 2.65. The molecule has 0 bridgehead atoms. The zero-order valence-corrected chi connectivity index (χ0v) is 13.9. The molecule has 0 spiro atoms. The van der Waals surface area contributed by atoms with Crippen molar-refractivity contribution >= 4 is 22.6 Å². The third-order valence-corrected chi connectivity index (χ3v) is 4.00. The Morgan fingerprint density at radius 1 is 1.07 bits per heavy atom. The summed E-state index contributed by atoms with van der Waals surface area (Å²) in [6.45, 7) is 0. The number of amides is 1. The van der Waals surface area contributed by atoms with E-state index in [4.69, 9.17) is 0 Å². The second-order valence-corrected chi connectivity index (χ2v) is 5.97. The lowest BCUT2D eigenvalue weighted by Crippen LogP contribution is -2.12. The summed E-state index contributed by atoms with van der Waals surface area (Å²) in [4.78, 5) is 19.4. The Morgan fingerprint density at radius 2 is 1.82 bits per heavy atom. The Bertz CT molecular complexity index is 1160. The zero-order valence-electron chi connectivity index (χ0n) is 13.9. The molecular weight excluding hydrogens is 378 g/mol. The van der Waals surface area contributed by atoms with Gasteiger partial charge in [0.1, 0.15) is 17.2 Å². The van der Waals surface area contributed by atoms with Crippen molar-refractivity contribution in [3.05, 3.63) is 65.9 Å². The van der Waals surface area contributed by atoms with Gasteiger partial charge in [-0.2, -0.15) is 18.3 Å². The second kappa shape index (κ2) is 6.48. The molecule has 4 rings (SSSR count). The van der Waals surface area contributed by atoms with E-state index in [0.717, 1.165) is 5.56 Å². The standard InChI is InChI=1S/C18H11F4N5O/c19-11-3-1-9(2-4-11)13-6-10-5-12(8-23-16(10)25-13)24-17(28)14-7-15(27-26-14)18(20,21)22/h1-8H,(H,23,25)(H,24,28)(H,26,27). The maximum atomic E-state index is 13.1. The number of carbonyl (C=O) groups excluding carboxylic acids is 1. The van der Waals surface area contributed by atoms with Crippen molar-refractivity contribution in [2.75, 3.05) is 5.32 Å². The van der Waals surface area contributed by atoms with E-state index in [1.54, 1.807) is 29.4 Å². The monoisotopic (exact) mass is 389 g/mol. The highest BCUT2D eigenvalue weighted by atomic mass is 19.4. The Kier molecular flexibility index (Phi) is 4.10. The maximum Gasteiger partial charge on any atom is 0.432 e. The van der Waals surface area contributed by atoms with Gasteiger partial charge in [-0.05, 0) is 42.0 Å². The highest BCUT2D eigenvalue weighted by Gasteiger charge is 2.33. The van der Waals surface area contributed by atoms with Gasteiger partial charge in [-0.1, -0.05) is 0 Å². The second-order valence-electron chi connectivity index (χ2n) is 5.97. The van der Waals surface area contributed by atoms with Crippen LogP contribution in [0.1, 0.15) is 16.2 Å².